The van der Waals surface area contributed by atoms with Crippen molar-refractivity contribution >= 4 is 21.0 Å². The minimum Gasteiger partial charge on any atom is -0.494 e. The lowest BCUT2D eigenvalue weighted by molar-refractivity contribution is -0.0306. The summed E-state index contributed by atoms with van der Waals surface area (Å²) in [7, 11) is -1.44. The highest BCUT2D eigenvalue weighted by atomic mass is 32.2. The van der Waals surface area contributed by atoms with Crippen LogP contribution >= 0.6 is 0 Å². The molecule has 10 nitrogen and oxygen atoms in total. The van der Waals surface area contributed by atoms with Crippen molar-refractivity contribution in [2.24, 2.45) is 7.05 Å². The first-order valence-electron chi connectivity index (χ1n) is 13.6. The molecule has 2 unspecified atom stereocenters. The fraction of sp³-hybridized carbons (Fsp3) is 0.464. The van der Waals surface area contributed by atoms with Crippen LogP contribution in [-0.2, 0) is 32.8 Å². The maximum Gasteiger partial charge on any atom is 0.240 e. The van der Waals surface area contributed by atoms with Crippen LogP contribution in [0, 0.1) is 0 Å². The lowest BCUT2D eigenvalue weighted by Crippen LogP contribution is -2.45. The number of aryl methyl sites for hydroxylation is 1. The van der Waals surface area contributed by atoms with Crippen molar-refractivity contribution in [1.29, 1.82) is 0 Å². The summed E-state index contributed by atoms with van der Waals surface area (Å²) in [5, 5.41) is 7.82. The molecule has 0 aliphatic carbocycles. The number of hydrogen-bond donors (Lipinski definition) is 2. The van der Waals surface area contributed by atoms with Crippen LogP contribution in [0.1, 0.15) is 25.7 Å². The Morgan fingerprint density at radius 1 is 1.15 bits per heavy atom. The molecule has 2 aliphatic heterocycles. The molecule has 2 saturated heterocycles. The SMILES string of the molecule is CNS(=O)(=O)c1cccc(OCCCNC2COC3(CCN(S(=O)c4cccc(-c5cnn(C)c5)c4)CC3)C2)c1. The second kappa shape index (κ2) is 12.5. The lowest BCUT2D eigenvalue weighted by Gasteiger charge is -2.37. The number of sulfonamides is 1. The Morgan fingerprint density at radius 3 is 2.70 bits per heavy atom. The van der Waals surface area contributed by atoms with E-state index in [1.54, 1.807) is 22.9 Å². The normalized spacial score (nSPS) is 20.1. The van der Waals surface area contributed by atoms with Gasteiger partial charge in [-0.25, -0.2) is 21.7 Å². The molecule has 2 aliphatic rings. The summed E-state index contributed by atoms with van der Waals surface area (Å²) in [5.41, 5.74) is 1.87. The van der Waals surface area contributed by atoms with Gasteiger partial charge in [0, 0.05) is 44.0 Å². The summed E-state index contributed by atoms with van der Waals surface area (Å²) in [6, 6.07) is 14.7. The molecule has 0 bridgehead atoms. The number of rotatable bonds is 11. The van der Waals surface area contributed by atoms with Gasteiger partial charge in [0.2, 0.25) is 10.0 Å². The van der Waals surface area contributed by atoms with Crippen molar-refractivity contribution in [2.75, 3.05) is 39.9 Å². The molecular weight excluding hydrogens is 550 g/mol. The third-order valence-corrected chi connectivity index (χ3v) is 10.5. The van der Waals surface area contributed by atoms with Crippen LogP contribution in [0.2, 0.25) is 0 Å². The number of benzene rings is 2. The molecule has 2 atom stereocenters. The first-order valence-corrected chi connectivity index (χ1v) is 16.2. The van der Waals surface area contributed by atoms with Crippen LogP contribution < -0.4 is 14.8 Å². The van der Waals surface area contributed by atoms with E-state index in [1.807, 2.05) is 48.0 Å². The van der Waals surface area contributed by atoms with Gasteiger partial charge >= 0.3 is 0 Å². The summed E-state index contributed by atoms with van der Waals surface area (Å²) in [5.74, 6) is 0.535. The fourth-order valence-electron chi connectivity index (χ4n) is 5.30. The zero-order valence-electron chi connectivity index (χ0n) is 22.9. The van der Waals surface area contributed by atoms with Crippen molar-refractivity contribution < 1.29 is 22.1 Å². The quantitative estimate of drug-likeness (QED) is 0.332. The van der Waals surface area contributed by atoms with Gasteiger partial charge in [-0.2, -0.15) is 5.10 Å². The molecule has 40 heavy (non-hydrogen) atoms. The molecule has 0 amide bonds. The molecule has 3 heterocycles. The smallest absolute Gasteiger partial charge is 0.240 e. The van der Waals surface area contributed by atoms with E-state index >= 15 is 0 Å². The van der Waals surface area contributed by atoms with Gasteiger partial charge in [-0.15, -0.1) is 0 Å². The second-order valence-electron chi connectivity index (χ2n) is 10.3. The number of nitrogens with one attached hydrogen (secondary N) is 2. The van der Waals surface area contributed by atoms with Crippen LogP contribution in [0.15, 0.2) is 70.7 Å². The molecule has 1 aromatic heterocycles. The maximum atomic E-state index is 13.4. The molecule has 2 aromatic carbocycles. The summed E-state index contributed by atoms with van der Waals surface area (Å²) in [4.78, 5) is 0.994. The molecule has 216 valence electrons. The molecule has 0 radical (unpaired) electrons. The van der Waals surface area contributed by atoms with Gasteiger partial charge in [0.05, 0.1) is 34.8 Å². The first kappa shape index (κ1) is 28.9. The summed E-state index contributed by atoms with van der Waals surface area (Å²) in [6.07, 6.45) is 7.22. The van der Waals surface area contributed by atoms with Crippen molar-refractivity contribution in [3.63, 3.8) is 0 Å². The second-order valence-corrected chi connectivity index (χ2v) is 13.7. The average molecular weight is 588 g/mol. The summed E-state index contributed by atoms with van der Waals surface area (Å²) in [6.45, 7) is 3.39. The number of hydrogen-bond acceptors (Lipinski definition) is 7. The molecular formula is C28H37N5O5S2. The highest BCUT2D eigenvalue weighted by Gasteiger charge is 2.43. The van der Waals surface area contributed by atoms with Gasteiger partial charge in [0.15, 0.2) is 0 Å². The lowest BCUT2D eigenvalue weighted by atomic mass is 9.88. The standard InChI is InChI=1S/C28H37N5O5S2/c1-29-40(35,36)27-9-4-7-25(17-27)37-15-5-12-30-24-18-28(38-21-24)10-13-33(14-11-28)39(34)26-8-3-6-22(16-26)23-19-31-32(2)20-23/h3-4,6-9,16-17,19-20,24,29-30H,5,10-15,18,21H2,1-2H3. The number of piperidine rings is 1. The van der Waals surface area contributed by atoms with Gasteiger partial charge in [-0.05, 0) is 69.1 Å². The predicted octanol–water partition coefficient (Wildman–Crippen LogP) is 2.70. The maximum absolute atomic E-state index is 13.4. The molecule has 3 aromatic rings. The Kier molecular flexibility index (Phi) is 9.03. The Morgan fingerprint density at radius 2 is 1.95 bits per heavy atom. The van der Waals surface area contributed by atoms with Crippen LogP contribution in [0.25, 0.3) is 11.1 Å². The number of ether oxygens (including phenoxy) is 2. The van der Waals surface area contributed by atoms with Gasteiger partial charge in [-0.1, -0.05) is 18.2 Å². The topological polar surface area (TPSA) is 115 Å². The van der Waals surface area contributed by atoms with E-state index in [1.165, 1.54) is 13.1 Å². The third kappa shape index (κ3) is 6.81. The molecule has 5 rings (SSSR count). The van der Waals surface area contributed by atoms with Crippen molar-refractivity contribution in [3.8, 4) is 16.9 Å². The number of nitrogens with zero attached hydrogens (tertiary/aromatic N) is 3. The highest BCUT2D eigenvalue weighted by molar-refractivity contribution is 7.89. The van der Waals surface area contributed by atoms with Crippen molar-refractivity contribution in [3.05, 3.63) is 60.9 Å². The minimum absolute atomic E-state index is 0.161. The first-order chi connectivity index (χ1) is 19.3. The monoisotopic (exact) mass is 587 g/mol. The molecule has 2 fully saturated rings. The molecule has 12 heteroatoms. The largest absolute Gasteiger partial charge is 0.494 e. The predicted molar refractivity (Wildman–Crippen MR) is 154 cm³/mol. The third-order valence-electron chi connectivity index (χ3n) is 7.56. The zero-order valence-corrected chi connectivity index (χ0v) is 24.5. The van der Waals surface area contributed by atoms with Crippen LogP contribution in [0.5, 0.6) is 5.75 Å². The Labute approximate surface area is 238 Å². The molecule has 2 N–H and O–H groups in total. The van der Waals surface area contributed by atoms with Crippen molar-refractivity contribution in [1.82, 2.24) is 24.1 Å². The average Bonchev–Trinajstić information content (AvgIpc) is 3.59. The highest BCUT2D eigenvalue weighted by Crippen LogP contribution is 2.37. The number of aromatic nitrogens is 2. The van der Waals surface area contributed by atoms with E-state index in [2.05, 4.69) is 15.1 Å². The van der Waals surface area contributed by atoms with Gasteiger partial charge < -0.3 is 14.8 Å². The summed E-state index contributed by atoms with van der Waals surface area (Å²) >= 11 is 0. The van der Waals surface area contributed by atoms with Crippen LogP contribution in [-0.4, -0.2) is 78.3 Å². The molecule has 0 saturated carbocycles. The van der Waals surface area contributed by atoms with E-state index in [-0.39, 0.29) is 16.5 Å². The van der Waals surface area contributed by atoms with E-state index in [0.29, 0.717) is 19.0 Å². The van der Waals surface area contributed by atoms with E-state index in [0.717, 1.165) is 61.3 Å². The van der Waals surface area contributed by atoms with Crippen molar-refractivity contribution in [2.45, 2.75) is 47.1 Å². The van der Waals surface area contributed by atoms with E-state index in [4.69, 9.17) is 9.47 Å². The van der Waals surface area contributed by atoms with Crippen LogP contribution in [0.3, 0.4) is 0 Å². The van der Waals surface area contributed by atoms with Crippen LogP contribution in [0.4, 0.5) is 0 Å². The zero-order chi connectivity index (χ0) is 28.2. The van der Waals surface area contributed by atoms with E-state index in [9.17, 15) is 12.6 Å². The molecule has 1 spiro atoms. The Bertz CT molecular complexity index is 1440. The fourth-order valence-corrected chi connectivity index (χ4v) is 7.30. The Balaban J connectivity index is 1.04. The van der Waals surface area contributed by atoms with E-state index < -0.39 is 21.0 Å². The van der Waals surface area contributed by atoms with Gasteiger partial charge in [0.1, 0.15) is 16.7 Å². The summed E-state index contributed by atoms with van der Waals surface area (Å²) < 4.78 is 55.5. The Hall–Kier alpha value is -2.61. The van der Waals surface area contributed by atoms with Gasteiger partial charge in [0.25, 0.3) is 0 Å². The van der Waals surface area contributed by atoms with Gasteiger partial charge in [-0.3, -0.25) is 4.68 Å². The minimum atomic E-state index is -3.49.